The first-order valence-electron chi connectivity index (χ1n) is 10.2. The van der Waals surface area contributed by atoms with Crippen LogP contribution in [0.25, 0.3) is 0 Å². The Morgan fingerprint density at radius 3 is 2.58 bits per heavy atom. The fourth-order valence-corrected chi connectivity index (χ4v) is 4.10. The topological polar surface area (TPSA) is 84.9 Å². The first kappa shape index (κ1) is 20.7. The van der Waals surface area contributed by atoms with Crippen molar-refractivity contribution in [1.82, 2.24) is 5.32 Å². The van der Waals surface area contributed by atoms with Crippen molar-refractivity contribution in [2.75, 3.05) is 18.6 Å². The Balaban J connectivity index is 1.45. The molecule has 0 saturated carbocycles. The summed E-state index contributed by atoms with van der Waals surface area (Å²) in [6.45, 7) is 1.77. The number of fused-ring (bicyclic) bond motifs is 1. The summed E-state index contributed by atoms with van der Waals surface area (Å²) in [5, 5.41) is 2.85. The van der Waals surface area contributed by atoms with Gasteiger partial charge < -0.3 is 14.8 Å². The SMILES string of the molecule is COc1ccc(N2C(=O)[C@H]3[C@H](NC(=O)COc4cccc(C)c4)C=CC[C@H]3C2=O)cc1. The highest BCUT2D eigenvalue weighted by atomic mass is 16.5. The van der Waals surface area contributed by atoms with E-state index in [4.69, 9.17) is 9.47 Å². The summed E-state index contributed by atoms with van der Waals surface area (Å²) in [6, 6.07) is 13.6. The van der Waals surface area contributed by atoms with Gasteiger partial charge in [0.1, 0.15) is 11.5 Å². The van der Waals surface area contributed by atoms with Crippen LogP contribution in [-0.2, 0) is 14.4 Å². The lowest BCUT2D eigenvalue weighted by Crippen LogP contribution is -2.46. The molecule has 2 aliphatic rings. The third-order valence-electron chi connectivity index (χ3n) is 5.61. The van der Waals surface area contributed by atoms with E-state index in [-0.39, 0.29) is 24.3 Å². The van der Waals surface area contributed by atoms with Gasteiger partial charge in [-0.2, -0.15) is 0 Å². The van der Waals surface area contributed by atoms with Gasteiger partial charge in [-0.25, -0.2) is 4.90 Å². The van der Waals surface area contributed by atoms with Crippen LogP contribution in [0.5, 0.6) is 11.5 Å². The molecule has 7 nitrogen and oxygen atoms in total. The average molecular weight is 420 g/mol. The van der Waals surface area contributed by atoms with E-state index in [1.165, 1.54) is 4.90 Å². The molecule has 1 aliphatic carbocycles. The maximum Gasteiger partial charge on any atom is 0.258 e. The highest BCUT2D eigenvalue weighted by molar-refractivity contribution is 6.22. The molecule has 3 atom stereocenters. The number of hydrogen-bond acceptors (Lipinski definition) is 5. The third-order valence-corrected chi connectivity index (χ3v) is 5.61. The zero-order valence-corrected chi connectivity index (χ0v) is 17.4. The molecule has 7 heteroatoms. The van der Waals surface area contributed by atoms with Gasteiger partial charge in [0.25, 0.3) is 5.91 Å². The van der Waals surface area contributed by atoms with Crippen molar-refractivity contribution in [3.63, 3.8) is 0 Å². The number of carbonyl (C=O) groups excluding carboxylic acids is 3. The number of amides is 3. The predicted octanol–water partition coefficient (Wildman–Crippen LogP) is 2.63. The van der Waals surface area contributed by atoms with Crippen LogP contribution in [-0.4, -0.2) is 37.5 Å². The highest BCUT2D eigenvalue weighted by Crippen LogP contribution is 2.38. The normalized spacial score (nSPS) is 22.3. The Morgan fingerprint density at radius 2 is 1.87 bits per heavy atom. The molecule has 3 amide bonds. The second-order valence-electron chi connectivity index (χ2n) is 7.70. The van der Waals surface area contributed by atoms with Crippen LogP contribution in [0.3, 0.4) is 0 Å². The van der Waals surface area contributed by atoms with Gasteiger partial charge in [-0.05, 0) is 55.3 Å². The number of nitrogens with one attached hydrogen (secondary N) is 1. The average Bonchev–Trinajstić information content (AvgIpc) is 3.03. The van der Waals surface area contributed by atoms with Crippen LogP contribution < -0.4 is 19.7 Å². The molecule has 2 aromatic carbocycles. The summed E-state index contributed by atoms with van der Waals surface area (Å²) in [6.07, 6.45) is 4.10. The summed E-state index contributed by atoms with van der Waals surface area (Å²) < 4.78 is 10.7. The number of aryl methyl sites for hydroxylation is 1. The Morgan fingerprint density at radius 1 is 1.10 bits per heavy atom. The number of methoxy groups -OCH3 is 1. The van der Waals surface area contributed by atoms with Crippen molar-refractivity contribution in [3.8, 4) is 11.5 Å². The van der Waals surface area contributed by atoms with Gasteiger partial charge in [0.15, 0.2) is 6.61 Å². The van der Waals surface area contributed by atoms with Gasteiger partial charge in [0, 0.05) is 0 Å². The standard InChI is InChI=1S/C24H24N2O5/c1-15-5-3-6-18(13-15)31-14-21(27)25-20-8-4-7-19-22(20)24(29)26(23(19)28)16-9-11-17(30-2)12-10-16/h3-6,8-13,19-20,22H,7,14H2,1-2H3,(H,25,27)/t19-,20-,22-/m1/s1. The number of nitrogens with zero attached hydrogens (tertiary/aromatic N) is 1. The molecular weight excluding hydrogens is 396 g/mol. The molecule has 1 heterocycles. The second kappa shape index (κ2) is 8.63. The monoisotopic (exact) mass is 420 g/mol. The Labute approximate surface area is 180 Å². The zero-order chi connectivity index (χ0) is 22.0. The zero-order valence-electron chi connectivity index (χ0n) is 17.4. The molecule has 1 aliphatic heterocycles. The fourth-order valence-electron chi connectivity index (χ4n) is 4.10. The first-order chi connectivity index (χ1) is 15.0. The smallest absolute Gasteiger partial charge is 0.258 e. The second-order valence-corrected chi connectivity index (χ2v) is 7.70. The Bertz CT molecular complexity index is 1030. The molecule has 160 valence electrons. The Hall–Kier alpha value is -3.61. The number of benzene rings is 2. The van der Waals surface area contributed by atoms with Crippen molar-refractivity contribution < 1.29 is 23.9 Å². The molecule has 0 bridgehead atoms. The number of anilines is 1. The lowest BCUT2D eigenvalue weighted by molar-refractivity contribution is -0.126. The van der Waals surface area contributed by atoms with Gasteiger partial charge in [-0.15, -0.1) is 0 Å². The third kappa shape index (κ3) is 4.17. The fraction of sp³-hybridized carbons (Fsp3) is 0.292. The Kier molecular flexibility index (Phi) is 5.75. The van der Waals surface area contributed by atoms with Crippen molar-refractivity contribution in [2.24, 2.45) is 11.8 Å². The molecule has 0 radical (unpaired) electrons. The van der Waals surface area contributed by atoms with E-state index in [0.717, 1.165) is 5.56 Å². The van der Waals surface area contributed by atoms with Crippen LogP contribution in [0, 0.1) is 18.8 Å². The van der Waals surface area contributed by atoms with Crippen molar-refractivity contribution >= 4 is 23.4 Å². The number of hydrogen-bond donors (Lipinski definition) is 1. The number of imide groups is 1. The van der Waals surface area contributed by atoms with Crippen LogP contribution in [0.15, 0.2) is 60.7 Å². The predicted molar refractivity (Wildman–Crippen MR) is 115 cm³/mol. The number of allylic oxidation sites excluding steroid dienone is 1. The quantitative estimate of drug-likeness (QED) is 0.574. The van der Waals surface area contributed by atoms with Crippen LogP contribution >= 0.6 is 0 Å². The molecule has 0 unspecified atom stereocenters. The summed E-state index contributed by atoms with van der Waals surface area (Å²) in [4.78, 5) is 39.8. The van der Waals surface area contributed by atoms with Crippen LogP contribution in [0.4, 0.5) is 5.69 Å². The van der Waals surface area contributed by atoms with Crippen LogP contribution in [0.2, 0.25) is 0 Å². The summed E-state index contributed by atoms with van der Waals surface area (Å²) >= 11 is 0. The lowest BCUT2D eigenvalue weighted by atomic mass is 9.81. The molecule has 4 rings (SSSR count). The number of rotatable bonds is 6. The summed E-state index contributed by atoms with van der Waals surface area (Å²) in [7, 11) is 1.55. The van der Waals surface area contributed by atoms with Crippen LogP contribution in [0.1, 0.15) is 12.0 Å². The van der Waals surface area contributed by atoms with E-state index >= 15 is 0 Å². The largest absolute Gasteiger partial charge is 0.497 e. The summed E-state index contributed by atoms with van der Waals surface area (Å²) in [5.41, 5.74) is 1.53. The molecule has 2 aromatic rings. The first-order valence-corrected chi connectivity index (χ1v) is 10.2. The molecule has 31 heavy (non-hydrogen) atoms. The molecular formula is C24H24N2O5. The molecule has 1 N–H and O–H groups in total. The van der Waals surface area contributed by atoms with Gasteiger partial charge in [-0.1, -0.05) is 24.3 Å². The van der Waals surface area contributed by atoms with E-state index in [0.29, 0.717) is 23.6 Å². The van der Waals surface area contributed by atoms with Crippen molar-refractivity contribution in [3.05, 3.63) is 66.2 Å². The highest BCUT2D eigenvalue weighted by Gasteiger charge is 2.52. The number of carbonyl (C=O) groups is 3. The maximum atomic E-state index is 13.2. The molecule has 0 spiro atoms. The molecule has 0 aromatic heterocycles. The van der Waals surface area contributed by atoms with Crippen molar-refractivity contribution in [2.45, 2.75) is 19.4 Å². The van der Waals surface area contributed by atoms with E-state index in [1.807, 2.05) is 31.2 Å². The van der Waals surface area contributed by atoms with Gasteiger partial charge in [-0.3, -0.25) is 14.4 Å². The van der Waals surface area contributed by atoms with E-state index < -0.39 is 17.9 Å². The van der Waals surface area contributed by atoms with Gasteiger partial charge in [0.05, 0.1) is 30.7 Å². The minimum absolute atomic E-state index is 0.171. The van der Waals surface area contributed by atoms with E-state index in [9.17, 15) is 14.4 Å². The number of ether oxygens (including phenoxy) is 2. The molecule has 1 fully saturated rings. The lowest BCUT2D eigenvalue weighted by Gasteiger charge is -2.26. The van der Waals surface area contributed by atoms with Gasteiger partial charge in [0.2, 0.25) is 11.8 Å². The van der Waals surface area contributed by atoms with E-state index in [2.05, 4.69) is 5.32 Å². The van der Waals surface area contributed by atoms with Gasteiger partial charge >= 0.3 is 0 Å². The minimum atomic E-state index is -0.637. The van der Waals surface area contributed by atoms with E-state index in [1.54, 1.807) is 43.5 Å². The maximum absolute atomic E-state index is 13.2. The minimum Gasteiger partial charge on any atom is -0.497 e. The van der Waals surface area contributed by atoms with Crippen molar-refractivity contribution in [1.29, 1.82) is 0 Å². The summed E-state index contributed by atoms with van der Waals surface area (Å²) in [5.74, 6) is -0.801. The molecule has 1 saturated heterocycles.